The Balaban J connectivity index is 1.53. The van der Waals surface area contributed by atoms with Crippen LogP contribution in [0.2, 0.25) is 0 Å². The second-order valence-corrected chi connectivity index (χ2v) is 6.85. The number of benzene rings is 2. The lowest BCUT2D eigenvalue weighted by atomic mass is 10.1. The van der Waals surface area contributed by atoms with Crippen molar-refractivity contribution in [3.05, 3.63) is 81.9 Å². The number of hydrogen-bond acceptors (Lipinski definition) is 7. The van der Waals surface area contributed by atoms with E-state index >= 15 is 0 Å². The summed E-state index contributed by atoms with van der Waals surface area (Å²) in [6.07, 6.45) is 1.12. The van der Waals surface area contributed by atoms with E-state index in [0.29, 0.717) is 10.9 Å². The van der Waals surface area contributed by atoms with E-state index in [1.165, 1.54) is 23.9 Å². The van der Waals surface area contributed by atoms with E-state index in [1.807, 2.05) is 35.2 Å². The summed E-state index contributed by atoms with van der Waals surface area (Å²) >= 11 is 1.49. The first-order valence-corrected chi connectivity index (χ1v) is 9.16. The van der Waals surface area contributed by atoms with E-state index in [1.54, 1.807) is 18.2 Å². The van der Waals surface area contributed by atoms with Crippen LogP contribution in [0.5, 0.6) is 0 Å². The molecule has 1 unspecified atom stereocenters. The second-order valence-electron chi connectivity index (χ2n) is 5.91. The fraction of sp³-hybridized carbons (Fsp3) is 0.111. The predicted molar refractivity (Wildman–Crippen MR) is 103 cm³/mol. The number of nitro benzene ring substituents is 1. The Hall–Kier alpha value is -3.33. The van der Waals surface area contributed by atoms with E-state index < -0.39 is 11.2 Å². The van der Waals surface area contributed by atoms with Crippen LogP contribution in [-0.4, -0.2) is 27.2 Å². The largest absolute Gasteiger partial charge is 0.314 e. The maximum absolute atomic E-state index is 12.0. The molecule has 0 saturated heterocycles. The lowest BCUT2D eigenvalue weighted by Crippen LogP contribution is -2.53. The van der Waals surface area contributed by atoms with Crippen molar-refractivity contribution in [3.8, 4) is 0 Å². The number of nitro groups is 1. The van der Waals surface area contributed by atoms with Crippen LogP contribution >= 0.6 is 11.8 Å². The molecule has 136 valence electrons. The lowest BCUT2D eigenvalue weighted by molar-refractivity contribution is -0.384. The van der Waals surface area contributed by atoms with Gasteiger partial charge in [0.15, 0.2) is 11.5 Å². The Labute approximate surface area is 159 Å². The molecule has 2 N–H and O–H groups in total. The van der Waals surface area contributed by atoms with Gasteiger partial charge in [0, 0.05) is 24.0 Å². The number of nitrogens with zero attached hydrogens (tertiary/aromatic N) is 3. The summed E-state index contributed by atoms with van der Waals surface area (Å²) in [5.41, 5.74) is 5.63. The first-order valence-electron chi connectivity index (χ1n) is 8.18. The number of rotatable bonds is 4. The van der Waals surface area contributed by atoms with Gasteiger partial charge in [-0.25, -0.2) is 0 Å². The van der Waals surface area contributed by atoms with Gasteiger partial charge in [-0.05, 0) is 11.1 Å². The molecule has 0 fully saturated rings. The molecule has 2 aliphatic rings. The fourth-order valence-electron chi connectivity index (χ4n) is 2.84. The zero-order valence-corrected chi connectivity index (χ0v) is 14.8. The molecule has 1 amide bonds. The molecule has 1 atom stereocenters. The van der Waals surface area contributed by atoms with Crippen LogP contribution in [0, 0.1) is 10.1 Å². The highest BCUT2D eigenvalue weighted by Gasteiger charge is 2.35. The molecule has 0 aromatic heterocycles. The zero-order valence-electron chi connectivity index (χ0n) is 14.0. The highest BCUT2D eigenvalue weighted by molar-refractivity contribution is 8.13. The third-order valence-corrected chi connectivity index (χ3v) is 5.16. The molecule has 2 aliphatic heterocycles. The van der Waals surface area contributed by atoms with Crippen LogP contribution in [0.15, 0.2) is 65.8 Å². The molecule has 0 bridgehead atoms. The number of thioether (sulfide) groups is 1. The summed E-state index contributed by atoms with van der Waals surface area (Å²) in [6, 6.07) is 16.1. The topological polar surface area (TPSA) is 99.9 Å². The van der Waals surface area contributed by atoms with Crippen LogP contribution in [0.25, 0.3) is 5.70 Å². The normalized spacial score (nSPS) is 18.1. The molecular weight excluding hydrogens is 366 g/mol. The number of carbonyl (C=O) groups is 1. The quantitative estimate of drug-likeness (QED) is 0.623. The van der Waals surface area contributed by atoms with Crippen LogP contribution in [0.3, 0.4) is 0 Å². The molecular formula is C18H15N5O3S. The van der Waals surface area contributed by atoms with Crippen LogP contribution in [0.4, 0.5) is 5.69 Å². The van der Waals surface area contributed by atoms with E-state index in [0.717, 1.165) is 16.8 Å². The van der Waals surface area contributed by atoms with Crippen molar-refractivity contribution < 1.29 is 9.72 Å². The Morgan fingerprint density at radius 3 is 2.59 bits per heavy atom. The Morgan fingerprint density at radius 1 is 1.15 bits per heavy atom. The maximum atomic E-state index is 12.0. The van der Waals surface area contributed by atoms with Crippen molar-refractivity contribution in [2.24, 2.45) is 5.10 Å². The average molecular weight is 381 g/mol. The molecule has 27 heavy (non-hydrogen) atoms. The lowest BCUT2D eigenvalue weighted by Gasteiger charge is -2.32. The van der Waals surface area contributed by atoms with Gasteiger partial charge in [-0.1, -0.05) is 54.2 Å². The van der Waals surface area contributed by atoms with Crippen LogP contribution in [-0.2, 0) is 10.5 Å². The van der Waals surface area contributed by atoms with Crippen LogP contribution in [0.1, 0.15) is 11.1 Å². The highest BCUT2D eigenvalue weighted by atomic mass is 32.2. The maximum Gasteiger partial charge on any atom is 0.269 e. The van der Waals surface area contributed by atoms with Crippen molar-refractivity contribution in [2.45, 2.75) is 12.0 Å². The van der Waals surface area contributed by atoms with Gasteiger partial charge in [0.05, 0.1) is 10.6 Å². The molecule has 0 radical (unpaired) electrons. The Bertz CT molecular complexity index is 943. The number of non-ortho nitro benzene ring substituents is 1. The minimum atomic E-state index is -0.433. The number of fused-ring (bicyclic) bond motifs is 1. The third kappa shape index (κ3) is 3.49. The number of hydrogen-bond donors (Lipinski definition) is 2. The summed E-state index contributed by atoms with van der Waals surface area (Å²) in [5.74, 6) is 0.414. The van der Waals surface area contributed by atoms with Gasteiger partial charge in [-0.2, -0.15) is 5.10 Å². The van der Waals surface area contributed by atoms with E-state index in [2.05, 4.69) is 15.8 Å². The van der Waals surface area contributed by atoms with Gasteiger partial charge in [0.1, 0.15) is 0 Å². The predicted octanol–water partition coefficient (Wildman–Crippen LogP) is 2.46. The second kappa shape index (κ2) is 7.12. The molecule has 2 aromatic rings. The molecule has 0 aliphatic carbocycles. The molecule has 8 nitrogen and oxygen atoms in total. The van der Waals surface area contributed by atoms with Crippen molar-refractivity contribution in [1.82, 2.24) is 15.6 Å². The average Bonchev–Trinajstić information content (AvgIpc) is 3.09. The number of carbonyl (C=O) groups excluding carboxylic acids is 1. The minimum absolute atomic E-state index is 0.0664. The van der Waals surface area contributed by atoms with Crippen molar-refractivity contribution in [1.29, 1.82) is 0 Å². The molecule has 2 heterocycles. The van der Waals surface area contributed by atoms with Gasteiger partial charge in [0.25, 0.3) is 5.69 Å². The molecule has 0 spiro atoms. The molecule has 2 aromatic carbocycles. The highest BCUT2D eigenvalue weighted by Crippen LogP contribution is 2.31. The van der Waals surface area contributed by atoms with E-state index in [-0.39, 0.29) is 11.6 Å². The number of amidine groups is 1. The van der Waals surface area contributed by atoms with E-state index in [4.69, 9.17) is 0 Å². The molecule has 4 rings (SSSR count). The third-order valence-electron chi connectivity index (χ3n) is 4.14. The first-order chi connectivity index (χ1) is 13.1. The van der Waals surface area contributed by atoms with Gasteiger partial charge >= 0.3 is 0 Å². The van der Waals surface area contributed by atoms with Gasteiger partial charge in [-0.3, -0.25) is 25.2 Å². The summed E-state index contributed by atoms with van der Waals surface area (Å²) in [6.45, 7) is 0. The van der Waals surface area contributed by atoms with Crippen molar-refractivity contribution in [2.75, 3.05) is 0 Å². The minimum Gasteiger partial charge on any atom is -0.314 e. The molecule has 0 saturated carbocycles. The summed E-state index contributed by atoms with van der Waals surface area (Å²) < 4.78 is 0. The number of amides is 1. The van der Waals surface area contributed by atoms with Crippen molar-refractivity contribution in [3.63, 3.8) is 0 Å². The zero-order chi connectivity index (χ0) is 18.8. The number of hydrazone groups is 1. The SMILES string of the molecule is O=C1C=C(c2ccccc2)N2C(SCc3ccc([N+](=O)[O-])cc3)=NNC2N1. The number of nitrogens with one attached hydrogen (secondary N) is 2. The standard InChI is InChI=1S/C18H15N5O3S/c24-16-10-15(13-4-2-1-3-5-13)22-17(19-16)20-21-18(22)27-11-12-6-8-14(9-7-12)23(25)26/h1-10,17,20H,11H2,(H,19,24). The van der Waals surface area contributed by atoms with Gasteiger partial charge in [0.2, 0.25) is 5.91 Å². The van der Waals surface area contributed by atoms with Crippen LogP contribution < -0.4 is 10.7 Å². The molecule has 9 heteroatoms. The summed E-state index contributed by atoms with van der Waals surface area (Å²) in [7, 11) is 0. The fourth-order valence-corrected chi connectivity index (χ4v) is 3.79. The van der Waals surface area contributed by atoms with Gasteiger partial charge in [-0.15, -0.1) is 0 Å². The van der Waals surface area contributed by atoms with Crippen molar-refractivity contribution >= 4 is 34.2 Å². The Morgan fingerprint density at radius 2 is 1.89 bits per heavy atom. The van der Waals surface area contributed by atoms with Gasteiger partial charge < -0.3 is 5.32 Å². The summed E-state index contributed by atoms with van der Waals surface area (Å²) in [5, 5.41) is 18.6. The van der Waals surface area contributed by atoms with E-state index in [9.17, 15) is 14.9 Å². The first kappa shape index (κ1) is 17.1. The summed E-state index contributed by atoms with van der Waals surface area (Å²) in [4.78, 5) is 24.3. The monoisotopic (exact) mass is 381 g/mol. The smallest absolute Gasteiger partial charge is 0.269 e. The Kier molecular flexibility index (Phi) is 4.51.